The molecule has 0 aromatic heterocycles. The van der Waals surface area contributed by atoms with Gasteiger partial charge in [0.15, 0.2) is 0 Å². The molecule has 30 heavy (non-hydrogen) atoms. The first-order chi connectivity index (χ1) is 14.5. The molecule has 0 atom stereocenters. The first-order valence-electron chi connectivity index (χ1n) is 11.5. The summed E-state index contributed by atoms with van der Waals surface area (Å²) >= 11 is 0. The van der Waals surface area contributed by atoms with Crippen LogP contribution in [0.25, 0.3) is 0 Å². The zero-order chi connectivity index (χ0) is 21.5. The topological polar surface area (TPSA) is 55.9 Å². The van der Waals surface area contributed by atoms with Crippen molar-refractivity contribution < 1.29 is 9.59 Å². The molecule has 1 aliphatic heterocycles. The van der Waals surface area contributed by atoms with Crippen LogP contribution in [0.4, 0.5) is 5.69 Å². The van der Waals surface area contributed by atoms with Crippen LogP contribution in [0.3, 0.4) is 0 Å². The Morgan fingerprint density at radius 1 is 1.07 bits per heavy atom. The number of amides is 2. The van der Waals surface area contributed by atoms with Crippen LogP contribution >= 0.6 is 0 Å². The minimum atomic E-state index is 0.0157. The first kappa shape index (κ1) is 22.8. The molecule has 166 valence electrons. The Balaban J connectivity index is 1.39. The van der Waals surface area contributed by atoms with E-state index in [-0.39, 0.29) is 11.8 Å². The minimum absolute atomic E-state index is 0.0157. The van der Waals surface area contributed by atoms with E-state index < -0.39 is 0 Å². The van der Waals surface area contributed by atoms with Crippen LogP contribution in [0.1, 0.15) is 45.1 Å². The summed E-state index contributed by atoms with van der Waals surface area (Å²) < 4.78 is 0. The fraction of sp³-hybridized carbons (Fsp3) is 0.667. The van der Waals surface area contributed by atoms with E-state index in [4.69, 9.17) is 0 Å². The van der Waals surface area contributed by atoms with E-state index in [9.17, 15) is 9.59 Å². The second-order valence-electron chi connectivity index (χ2n) is 9.04. The number of nitrogens with zero attached hydrogens (tertiary/aromatic N) is 3. The monoisotopic (exact) mass is 414 g/mol. The molecule has 1 saturated heterocycles. The Labute approximate surface area is 181 Å². The molecule has 1 heterocycles. The highest BCUT2D eigenvalue weighted by molar-refractivity contribution is 5.93. The van der Waals surface area contributed by atoms with Gasteiger partial charge in [-0.15, -0.1) is 0 Å². The molecule has 0 bridgehead atoms. The summed E-state index contributed by atoms with van der Waals surface area (Å²) in [6, 6.07) is 8.49. The van der Waals surface area contributed by atoms with Crippen LogP contribution in [0.2, 0.25) is 0 Å². The highest BCUT2D eigenvalue weighted by Gasteiger charge is 2.27. The summed E-state index contributed by atoms with van der Waals surface area (Å²) in [5.74, 6) is 1.06. The fourth-order valence-corrected chi connectivity index (χ4v) is 4.62. The van der Waals surface area contributed by atoms with E-state index in [1.807, 2.05) is 29.2 Å². The van der Waals surface area contributed by atoms with Crippen LogP contribution < -0.4 is 5.32 Å². The van der Waals surface area contributed by atoms with Crippen LogP contribution in [-0.2, 0) is 16.0 Å². The van der Waals surface area contributed by atoms with Gasteiger partial charge in [-0.3, -0.25) is 19.4 Å². The van der Waals surface area contributed by atoms with Gasteiger partial charge in [0, 0.05) is 37.9 Å². The third kappa shape index (κ3) is 6.29. The molecule has 2 fully saturated rings. The molecule has 2 aliphatic rings. The molecular formula is C24H38N4O2. The van der Waals surface area contributed by atoms with Crippen molar-refractivity contribution in [2.24, 2.45) is 5.92 Å². The van der Waals surface area contributed by atoms with E-state index in [1.54, 1.807) is 0 Å². The number of hydrogen-bond donors (Lipinski definition) is 1. The number of hydrogen-bond acceptors (Lipinski definition) is 4. The van der Waals surface area contributed by atoms with Gasteiger partial charge in [-0.1, -0.05) is 32.0 Å². The Hall–Kier alpha value is -1.92. The maximum atomic E-state index is 12.7. The third-order valence-electron chi connectivity index (χ3n) is 6.76. The summed E-state index contributed by atoms with van der Waals surface area (Å²) in [6.07, 6.45) is 5.84. The molecule has 1 aromatic carbocycles. The molecule has 6 heteroatoms. The number of para-hydroxylation sites is 1. The lowest BCUT2D eigenvalue weighted by atomic mass is 9.87. The molecule has 1 N–H and O–H groups in total. The standard InChI is InChI=1S/C24H38N4O2/c1-4-20-7-5-6-8-22(20)25-23(29)17-27-13-15-28(16-14-27)24(30)18-26(3)21-11-9-19(2)10-12-21/h5-8,19,21H,4,9-18H2,1-3H3,(H,25,29). The highest BCUT2D eigenvalue weighted by atomic mass is 16.2. The second kappa shape index (κ2) is 10.9. The maximum absolute atomic E-state index is 12.7. The summed E-state index contributed by atoms with van der Waals surface area (Å²) in [5.41, 5.74) is 2.05. The molecular weight excluding hydrogens is 376 g/mol. The van der Waals surface area contributed by atoms with Gasteiger partial charge in [0.25, 0.3) is 0 Å². The smallest absolute Gasteiger partial charge is 0.238 e. The van der Waals surface area contributed by atoms with Crippen LogP contribution in [-0.4, -0.2) is 78.9 Å². The van der Waals surface area contributed by atoms with Crippen LogP contribution in [0, 0.1) is 5.92 Å². The molecule has 1 aliphatic carbocycles. The predicted molar refractivity (Wildman–Crippen MR) is 122 cm³/mol. The van der Waals surface area contributed by atoms with Crippen molar-refractivity contribution in [3.63, 3.8) is 0 Å². The van der Waals surface area contributed by atoms with Gasteiger partial charge in [0.2, 0.25) is 11.8 Å². The van der Waals surface area contributed by atoms with E-state index in [0.29, 0.717) is 32.2 Å². The van der Waals surface area contributed by atoms with Crippen molar-refractivity contribution in [2.45, 2.75) is 52.0 Å². The van der Waals surface area contributed by atoms with Gasteiger partial charge < -0.3 is 10.2 Å². The van der Waals surface area contributed by atoms with Crippen molar-refractivity contribution in [3.05, 3.63) is 29.8 Å². The normalized spacial score (nSPS) is 22.9. The van der Waals surface area contributed by atoms with Crippen molar-refractivity contribution in [2.75, 3.05) is 51.6 Å². The second-order valence-corrected chi connectivity index (χ2v) is 9.04. The number of carbonyl (C=O) groups excluding carboxylic acids is 2. The van der Waals surface area contributed by atoms with Gasteiger partial charge in [0.05, 0.1) is 13.1 Å². The van der Waals surface area contributed by atoms with Crippen LogP contribution in [0.15, 0.2) is 24.3 Å². The zero-order valence-corrected chi connectivity index (χ0v) is 18.9. The number of rotatable bonds is 7. The molecule has 0 unspecified atom stereocenters. The first-order valence-corrected chi connectivity index (χ1v) is 11.5. The van der Waals surface area contributed by atoms with Crippen molar-refractivity contribution in [3.8, 4) is 0 Å². The largest absolute Gasteiger partial charge is 0.339 e. The molecule has 3 rings (SSSR count). The zero-order valence-electron chi connectivity index (χ0n) is 18.9. The van der Waals surface area contributed by atoms with Gasteiger partial charge in [-0.05, 0) is 56.7 Å². The Morgan fingerprint density at radius 2 is 1.73 bits per heavy atom. The van der Waals surface area contributed by atoms with E-state index >= 15 is 0 Å². The number of nitrogens with one attached hydrogen (secondary N) is 1. The Bertz CT molecular complexity index is 707. The SMILES string of the molecule is CCc1ccccc1NC(=O)CN1CCN(C(=O)CN(C)C2CCC(C)CC2)CC1. The van der Waals surface area contributed by atoms with E-state index in [0.717, 1.165) is 36.7 Å². The molecule has 6 nitrogen and oxygen atoms in total. The van der Waals surface area contributed by atoms with E-state index in [1.165, 1.54) is 25.7 Å². The Kier molecular flexibility index (Phi) is 8.28. The van der Waals surface area contributed by atoms with Crippen molar-refractivity contribution >= 4 is 17.5 Å². The van der Waals surface area contributed by atoms with Crippen molar-refractivity contribution in [1.29, 1.82) is 0 Å². The number of aryl methyl sites for hydroxylation is 1. The lowest BCUT2D eigenvalue weighted by Crippen LogP contribution is -2.53. The van der Waals surface area contributed by atoms with Gasteiger partial charge in [-0.2, -0.15) is 0 Å². The molecule has 2 amide bonds. The molecule has 0 radical (unpaired) electrons. The lowest BCUT2D eigenvalue weighted by molar-refractivity contribution is -0.134. The number of piperazine rings is 1. The number of benzene rings is 1. The summed E-state index contributed by atoms with van der Waals surface area (Å²) in [4.78, 5) is 31.6. The average molecular weight is 415 g/mol. The molecule has 0 spiro atoms. The van der Waals surface area contributed by atoms with Gasteiger partial charge in [0.1, 0.15) is 0 Å². The fourth-order valence-electron chi connectivity index (χ4n) is 4.62. The number of anilines is 1. The highest BCUT2D eigenvalue weighted by Crippen LogP contribution is 2.26. The Morgan fingerprint density at radius 3 is 2.40 bits per heavy atom. The third-order valence-corrected chi connectivity index (χ3v) is 6.76. The molecule has 1 aromatic rings. The van der Waals surface area contributed by atoms with Gasteiger partial charge in [-0.25, -0.2) is 0 Å². The van der Waals surface area contributed by atoms with Crippen LogP contribution in [0.5, 0.6) is 0 Å². The maximum Gasteiger partial charge on any atom is 0.238 e. The summed E-state index contributed by atoms with van der Waals surface area (Å²) in [6.45, 7) is 8.20. The lowest BCUT2D eigenvalue weighted by Gasteiger charge is -2.37. The summed E-state index contributed by atoms with van der Waals surface area (Å²) in [5, 5.41) is 3.04. The minimum Gasteiger partial charge on any atom is -0.339 e. The van der Waals surface area contributed by atoms with Crippen molar-refractivity contribution in [1.82, 2.24) is 14.7 Å². The van der Waals surface area contributed by atoms with Gasteiger partial charge >= 0.3 is 0 Å². The number of carbonyl (C=O) groups is 2. The molecule has 1 saturated carbocycles. The summed E-state index contributed by atoms with van der Waals surface area (Å²) in [7, 11) is 2.09. The predicted octanol–water partition coefficient (Wildman–Crippen LogP) is 2.84. The average Bonchev–Trinajstić information content (AvgIpc) is 2.75. The van der Waals surface area contributed by atoms with E-state index in [2.05, 4.69) is 36.0 Å². The number of likely N-dealkylation sites (N-methyl/N-ethyl adjacent to an activating group) is 1. The quantitative estimate of drug-likeness (QED) is 0.745.